The van der Waals surface area contributed by atoms with Crippen molar-refractivity contribution in [2.75, 3.05) is 19.5 Å². The van der Waals surface area contributed by atoms with Gasteiger partial charge in [0, 0.05) is 0 Å². The van der Waals surface area contributed by atoms with E-state index in [1.54, 1.807) is 6.92 Å². The lowest BCUT2D eigenvalue weighted by Gasteiger charge is -2.14. The summed E-state index contributed by atoms with van der Waals surface area (Å²) in [4.78, 5) is 22.6. The maximum absolute atomic E-state index is 11.9. The Labute approximate surface area is 108 Å². The second-order valence-electron chi connectivity index (χ2n) is 3.77. The molecule has 0 aliphatic rings. The van der Waals surface area contributed by atoms with E-state index in [1.807, 2.05) is 6.92 Å². The first-order valence-corrected chi connectivity index (χ1v) is 7.55. The van der Waals surface area contributed by atoms with Gasteiger partial charge in [-0.1, -0.05) is 19.8 Å². The fraction of sp³-hybridized carbons (Fsp3) is 0.818. The van der Waals surface area contributed by atoms with Crippen molar-refractivity contribution in [2.24, 2.45) is 0 Å². The summed E-state index contributed by atoms with van der Waals surface area (Å²) in [5.41, 5.74) is 0. The number of sulfone groups is 1. The van der Waals surface area contributed by atoms with Crippen LogP contribution in [0, 0.1) is 0 Å². The van der Waals surface area contributed by atoms with Gasteiger partial charge in [-0.05, 0) is 13.3 Å². The number of methoxy groups -OCH3 is 1. The number of unbranched alkanes of at least 4 members (excludes halogenated alkanes) is 1. The molecule has 0 fully saturated rings. The predicted octanol–water partition coefficient (Wildman–Crippen LogP) is 0.696. The molecule has 0 amide bonds. The highest BCUT2D eigenvalue weighted by atomic mass is 32.2. The van der Waals surface area contributed by atoms with Crippen molar-refractivity contribution in [2.45, 2.75) is 38.4 Å². The van der Waals surface area contributed by atoms with Crippen molar-refractivity contribution in [1.29, 1.82) is 0 Å². The fourth-order valence-electron chi connectivity index (χ4n) is 1.43. The first-order chi connectivity index (χ1) is 8.38. The number of hydrogen-bond acceptors (Lipinski definition) is 6. The first-order valence-electron chi connectivity index (χ1n) is 5.84. The molecule has 0 aromatic carbocycles. The molecule has 0 radical (unpaired) electrons. The third kappa shape index (κ3) is 5.48. The van der Waals surface area contributed by atoms with Crippen LogP contribution >= 0.6 is 0 Å². The van der Waals surface area contributed by atoms with Crippen molar-refractivity contribution in [3.05, 3.63) is 0 Å². The molecule has 0 rings (SSSR count). The molecule has 0 N–H and O–H groups in total. The normalized spacial score (nSPS) is 12.8. The molecular formula is C11H20O6S. The van der Waals surface area contributed by atoms with Crippen LogP contribution in [0.4, 0.5) is 0 Å². The van der Waals surface area contributed by atoms with Crippen molar-refractivity contribution in [1.82, 2.24) is 0 Å². The fourth-order valence-corrected chi connectivity index (χ4v) is 2.96. The summed E-state index contributed by atoms with van der Waals surface area (Å²) in [6.07, 6.45) is 1.48. The maximum atomic E-state index is 11.9. The molecule has 0 spiro atoms. The second-order valence-corrected chi connectivity index (χ2v) is 5.95. The number of ether oxygens (including phenoxy) is 2. The van der Waals surface area contributed by atoms with Crippen LogP contribution in [0.5, 0.6) is 0 Å². The average Bonchev–Trinajstić information content (AvgIpc) is 2.28. The average molecular weight is 280 g/mol. The number of rotatable bonds is 8. The molecule has 1 unspecified atom stereocenters. The van der Waals surface area contributed by atoms with E-state index in [2.05, 4.69) is 9.47 Å². The van der Waals surface area contributed by atoms with E-state index in [-0.39, 0.29) is 13.0 Å². The van der Waals surface area contributed by atoms with Gasteiger partial charge in [-0.15, -0.1) is 0 Å². The van der Waals surface area contributed by atoms with Crippen molar-refractivity contribution in [3.8, 4) is 0 Å². The Morgan fingerprint density at radius 3 is 2.28 bits per heavy atom. The molecule has 0 saturated heterocycles. The van der Waals surface area contributed by atoms with E-state index >= 15 is 0 Å². The third-order valence-electron chi connectivity index (χ3n) is 2.34. The zero-order chi connectivity index (χ0) is 14.2. The standard InChI is InChI=1S/C11H20O6S/c1-4-6-7-9(11(13)16-3)18(14,15)8-10(12)17-5-2/h9H,4-8H2,1-3H3. The van der Waals surface area contributed by atoms with Crippen LogP contribution in [-0.2, 0) is 28.9 Å². The molecule has 0 bridgehead atoms. The van der Waals surface area contributed by atoms with E-state index in [1.165, 1.54) is 0 Å². The molecule has 0 aliphatic heterocycles. The minimum absolute atomic E-state index is 0.103. The minimum atomic E-state index is -3.88. The Morgan fingerprint density at radius 1 is 1.22 bits per heavy atom. The van der Waals surface area contributed by atoms with Gasteiger partial charge in [0.1, 0.15) is 5.75 Å². The van der Waals surface area contributed by atoms with E-state index in [4.69, 9.17) is 0 Å². The lowest BCUT2D eigenvalue weighted by Crippen LogP contribution is -2.36. The molecule has 0 heterocycles. The van der Waals surface area contributed by atoms with Crippen molar-refractivity contribution in [3.63, 3.8) is 0 Å². The summed E-state index contributed by atoms with van der Waals surface area (Å²) >= 11 is 0. The molecule has 0 saturated carbocycles. The highest BCUT2D eigenvalue weighted by molar-refractivity contribution is 7.93. The number of carbonyl (C=O) groups is 2. The van der Waals surface area contributed by atoms with Gasteiger partial charge < -0.3 is 9.47 Å². The summed E-state index contributed by atoms with van der Waals surface area (Å²) in [7, 11) is -2.75. The van der Waals surface area contributed by atoms with Crippen LogP contribution in [0.25, 0.3) is 0 Å². The molecular weight excluding hydrogens is 260 g/mol. The molecule has 0 aromatic rings. The van der Waals surface area contributed by atoms with Crippen LogP contribution in [0.2, 0.25) is 0 Å². The molecule has 18 heavy (non-hydrogen) atoms. The largest absolute Gasteiger partial charge is 0.468 e. The molecule has 1 atom stereocenters. The summed E-state index contributed by atoms with van der Waals surface area (Å²) in [5, 5.41) is -1.29. The zero-order valence-corrected chi connectivity index (χ0v) is 11.8. The quantitative estimate of drug-likeness (QED) is 0.608. The zero-order valence-electron chi connectivity index (χ0n) is 11.0. The Balaban J connectivity index is 4.85. The topological polar surface area (TPSA) is 86.7 Å². The predicted molar refractivity (Wildman–Crippen MR) is 65.7 cm³/mol. The summed E-state index contributed by atoms with van der Waals surface area (Å²) in [6.45, 7) is 3.57. The van der Waals surface area contributed by atoms with Gasteiger partial charge in [0.2, 0.25) is 0 Å². The molecule has 106 valence electrons. The van der Waals surface area contributed by atoms with E-state index < -0.39 is 32.8 Å². The molecule has 7 heteroatoms. The highest BCUT2D eigenvalue weighted by Crippen LogP contribution is 2.13. The SMILES string of the molecule is CCCCC(C(=O)OC)S(=O)(=O)CC(=O)OCC. The summed E-state index contributed by atoms with van der Waals surface area (Å²) in [5.74, 6) is -2.46. The van der Waals surface area contributed by atoms with Gasteiger partial charge in [0.25, 0.3) is 0 Å². The second kappa shape index (κ2) is 8.07. The lowest BCUT2D eigenvalue weighted by atomic mass is 10.2. The maximum Gasteiger partial charge on any atom is 0.324 e. The van der Waals surface area contributed by atoms with E-state index in [0.29, 0.717) is 6.42 Å². The number of esters is 2. The number of carbonyl (C=O) groups excluding carboxylic acids is 2. The summed E-state index contributed by atoms with van der Waals surface area (Å²) in [6, 6.07) is 0. The van der Waals surface area contributed by atoms with Gasteiger partial charge >= 0.3 is 11.9 Å². The van der Waals surface area contributed by atoms with Crippen LogP contribution in [0.1, 0.15) is 33.1 Å². The molecule has 6 nitrogen and oxygen atoms in total. The number of hydrogen-bond donors (Lipinski definition) is 0. The van der Waals surface area contributed by atoms with Gasteiger partial charge in [-0.2, -0.15) is 0 Å². The van der Waals surface area contributed by atoms with Crippen LogP contribution in [-0.4, -0.2) is 45.1 Å². The lowest BCUT2D eigenvalue weighted by molar-refractivity contribution is -0.140. The van der Waals surface area contributed by atoms with E-state index in [0.717, 1.165) is 13.5 Å². The third-order valence-corrected chi connectivity index (χ3v) is 4.28. The van der Waals surface area contributed by atoms with Crippen molar-refractivity contribution >= 4 is 21.8 Å². The van der Waals surface area contributed by atoms with Crippen LogP contribution in [0.3, 0.4) is 0 Å². The Hall–Kier alpha value is -1.11. The van der Waals surface area contributed by atoms with Gasteiger partial charge in [-0.3, -0.25) is 9.59 Å². The van der Waals surface area contributed by atoms with E-state index in [9.17, 15) is 18.0 Å². The van der Waals surface area contributed by atoms with Gasteiger partial charge in [-0.25, -0.2) is 8.42 Å². The minimum Gasteiger partial charge on any atom is -0.468 e. The Morgan fingerprint density at radius 2 is 1.83 bits per heavy atom. The first kappa shape index (κ1) is 16.9. The van der Waals surface area contributed by atoms with Crippen LogP contribution in [0.15, 0.2) is 0 Å². The molecule has 0 aromatic heterocycles. The van der Waals surface area contributed by atoms with Gasteiger partial charge in [0.15, 0.2) is 15.1 Å². The van der Waals surface area contributed by atoms with Crippen molar-refractivity contribution < 1.29 is 27.5 Å². The molecule has 0 aliphatic carbocycles. The highest BCUT2D eigenvalue weighted by Gasteiger charge is 2.35. The van der Waals surface area contributed by atoms with Gasteiger partial charge in [0.05, 0.1) is 13.7 Å². The Bertz CT molecular complexity index is 373. The summed E-state index contributed by atoms with van der Waals surface area (Å²) < 4.78 is 32.9. The van der Waals surface area contributed by atoms with Crippen LogP contribution < -0.4 is 0 Å². The Kier molecular flexibility index (Phi) is 7.58. The smallest absolute Gasteiger partial charge is 0.324 e. The monoisotopic (exact) mass is 280 g/mol.